The second-order valence-corrected chi connectivity index (χ2v) is 8.27. The minimum Gasteiger partial charge on any atom is -0.497 e. The highest BCUT2D eigenvalue weighted by molar-refractivity contribution is 6.29. The van der Waals surface area contributed by atoms with Gasteiger partial charge in [-0.25, -0.2) is 19.3 Å². The number of ether oxygens (including phenoxy) is 2. The molecule has 178 valence electrons. The van der Waals surface area contributed by atoms with Gasteiger partial charge in [0, 0.05) is 20.1 Å². The summed E-state index contributed by atoms with van der Waals surface area (Å²) in [6.45, 7) is 0.800. The maximum Gasteiger partial charge on any atom is 0.269 e. The topological polar surface area (TPSA) is 89.5 Å². The predicted octanol–water partition coefficient (Wildman–Crippen LogP) is 3.47. The Balaban J connectivity index is 1.57. The second-order valence-electron chi connectivity index (χ2n) is 7.88. The third kappa shape index (κ3) is 5.49. The fourth-order valence-electron chi connectivity index (χ4n) is 3.83. The van der Waals surface area contributed by atoms with E-state index in [1.807, 2.05) is 30.3 Å². The molecular formula is C24H25ClFN5O3. The highest BCUT2D eigenvalue weighted by atomic mass is 35.5. The normalized spacial score (nSPS) is 18.5. The maximum atomic E-state index is 13.7. The van der Waals surface area contributed by atoms with E-state index >= 15 is 0 Å². The van der Waals surface area contributed by atoms with Crippen LogP contribution in [0.1, 0.15) is 27.7 Å². The van der Waals surface area contributed by atoms with E-state index in [2.05, 4.69) is 25.2 Å². The van der Waals surface area contributed by atoms with Crippen molar-refractivity contribution in [3.8, 4) is 17.1 Å². The van der Waals surface area contributed by atoms with Crippen LogP contribution in [0.25, 0.3) is 11.4 Å². The van der Waals surface area contributed by atoms with Gasteiger partial charge < -0.3 is 14.8 Å². The van der Waals surface area contributed by atoms with Crippen LogP contribution in [0.4, 0.5) is 4.39 Å². The summed E-state index contributed by atoms with van der Waals surface area (Å²) >= 11 is 6.32. The van der Waals surface area contributed by atoms with E-state index in [1.54, 1.807) is 19.2 Å². The molecule has 1 aliphatic heterocycles. The Morgan fingerprint density at radius 1 is 1.24 bits per heavy atom. The number of hydrogen-bond acceptors (Lipinski definition) is 7. The summed E-state index contributed by atoms with van der Waals surface area (Å²) in [4.78, 5) is 26.6. The smallest absolute Gasteiger partial charge is 0.269 e. The van der Waals surface area contributed by atoms with Crippen LogP contribution < -0.4 is 10.1 Å². The molecule has 1 saturated heterocycles. The summed E-state index contributed by atoms with van der Waals surface area (Å²) in [6.07, 6.45) is 0.974. The summed E-state index contributed by atoms with van der Waals surface area (Å²) in [6, 6.07) is 12.5. The number of hydrogen-bond donors (Lipinski definition) is 1. The number of pyridine rings is 1. The number of carbonyl (C=O) groups excluding carboxylic acids is 1. The van der Waals surface area contributed by atoms with Gasteiger partial charge in [0.25, 0.3) is 5.91 Å². The van der Waals surface area contributed by atoms with Crippen LogP contribution >= 0.6 is 11.6 Å². The zero-order valence-corrected chi connectivity index (χ0v) is 19.6. The molecule has 1 amide bonds. The van der Waals surface area contributed by atoms with Crippen molar-refractivity contribution in [2.45, 2.75) is 18.7 Å². The van der Waals surface area contributed by atoms with Gasteiger partial charge in [-0.1, -0.05) is 23.7 Å². The number of nitrogens with zero attached hydrogens (tertiary/aromatic N) is 4. The molecule has 0 bridgehead atoms. The van der Waals surface area contributed by atoms with Crippen molar-refractivity contribution >= 4 is 17.5 Å². The van der Waals surface area contributed by atoms with Gasteiger partial charge in [-0.05, 0) is 41.5 Å². The van der Waals surface area contributed by atoms with Gasteiger partial charge >= 0.3 is 0 Å². The molecule has 0 spiro atoms. The molecule has 1 aromatic carbocycles. The SMILES string of the molecule is CNC(=O)c1cc(-c2cc([C@@H]3CN(Cc4ccc(OC)cc4)[C@@H](CF)CO3)cc(Cl)n2)ncn1. The first-order valence-corrected chi connectivity index (χ1v) is 11.1. The van der Waals surface area contributed by atoms with Crippen LogP contribution in [0.3, 0.4) is 0 Å². The molecule has 0 unspecified atom stereocenters. The van der Waals surface area contributed by atoms with Gasteiger partial charge in [0.05, 0.1) is 37.3 Å². The van der Waals surface area contributed by atoms with Crippen molar-refractivity contribution in [1.29, 1.82) is 0 Å². The highest BCUT2D eigenvalue weighted by Crippen LogP contribution is 2.30. The summed E-state index contributed by atoms with van der Waals surface area (Å²) in [5, 5.41) is 2.81. The minimum atomic E-state index is -0.506. The van der Waals surface area contributed by atoms with Gasteiger partial charge in [0.15, 0.2) is 0 Å². The van der Waals surface area contributed by atoms with Crippen molar-refractivity contribution in [1.82, 2.24) is 25.2 Å². The number of carbonyl (C=O) groups is 1. The fraction of sp³-hybridized carbons (Fsp3) is 0.333. The molecule has 0 aliphatic carbocycles. The molecule has 4 rings (SSSR count). The van der Waals surface area contributed by atoms with E-state index in [9.17, 15) is 9.18 Å². The third-order valence-electron chi connectivity index (χ3n) is 5.71. The molecule has 0 radical (unpaired) electrons. The molecule has 34 heavy (non-hydrogen) atoms. The van der Waals surface area contributed by atoms with Gasteiger partial charge in [0.2, 0.25) is 0 Å². The summed E-state index contributed by atoms with van der Waals surface area (Å²) in [5.41, 5.74) is 3.03. The van der Waals surface area contributed by atoms with Crippen molar-refractivity contribution in [3.63, 3.8) is 0 Å². The van der Waals surface area contributed by atoms with Crippen LogP contribution in [0.15, 0.2) is 48.8 Å². The van der Waals surface area contributed by atoms with E-state index in [-0.39, 0.29) is 35.5 Å². The molecule has 1 fully saturated rings. The number of nitrogens with one attached hydrogen (secondary N) is 1. The molecule has 0 saturated carbocycles. The van der Waals surface area contributed by atoms with Crippen molar-refractivity contribution in [2.75, 3.05) is 34.0 Å². The molecule has 2 atom stereocenters. The largest absolute Gasteiger partial charge is 0.497 e. The number of benzene rings is 1. The van der Waals surface area contributed by atoms with E-state index in [0.29, 0.717) is 24.5 Å². The average Bonchev–Trinajstić information content (AvgIpc) is 2.88. The number of halogens is 2. The summed E-state index contributed by atoms with van der Waals surface area (Å²) in [5.74, 6) is 0.446. The van der Waals surface area contributed by atoms with E-state index < -0.39 is 6.67 Å². The summed E-state index contributed by atoms with van der Waals surface area (Å²) in [7, 11) is 3.15. The lowest BCUT2D eigenvalue weighted by Gasteiger charge is -2.38. The van der Waals surface area contributed by atoms with Gasteiger partial charge in [-0.15, -0.1) is 0 Å². The first-order chi connectivity index (χ1) is 16.5. The molecule has 3 heterocycles. The van der Waals surface area contributed by atoms with Crippen molar-refractivity contribution < 1.29 is 18.7 Å². The fourth-order valence-corrected chi connectivity index (χ4v) is 4.05. The minimum absolute atomic E-state index is 0.223. The van der Waals surface area contributed by atoms with Gasteiger partial charge in [-0.3, -0.25) is 9.69 Å². The lowest BCUT2D eigenvalue weighted by molar-refractivity contribution is -0.0740. The molecule has 3 aromatic rings. The van der Waals surface area contributed by atoms with Crippen LogP contribution in [-0.4, -0.2) is 65.8 Å². The average molecular weight is 486 g/mol. The maximum absolute atomic E-state index is 13.7. The first kappa shape index (κ1) is 24.0. The Hall–Kier alpha value is -3.14. The third-order valence-corrected chi connectivity index (χ3v) is 5.90. The highest BCUT2D eigenvalue weighted by Gasteiger charge is 2.30. The van der Waals surface area contributed by atoms with Crippen LogP contribution in [-0.2, 0) is 11.3 Å². The number of morpholine rings is 1. The van der Waals surface area contributed by atoms with Crippen LogP contribution in [0.5, 0.6) is 5.75 Å². The predicted molar refractivity (Wildman–Crippen MR) is 126 cm³/mol. The molecule has 1 aliphatic rings. The number of rotatable bonds is 7. The quantitative estimate of drug-likeness (QED) is 0.512. The van der Waals surface area contributed by atoms with Crippen LogP contribution in [0.2, 0.25) is 5.15 Å². The lowest BCUT2D eigenvalue weighted by atomic mass is 10.0. The first-order valence-electron chi connectivity index (χ1n) is 10.8. The number of methoxy groups -OCH3 is 1. The Labute approximate surface area is 202 Å². The van der Waals surface area contributed by atoms with Crippen molar-refractivity contribution in [3.05, 3.63) is 70.8 Å². The van der Waals surface area contributed by atoms with E-state index in [1.165, 1.54) is 13.4 Å². The standard InChI is InChI=1S/C24H25ClFN5O3/c1-27-24(32)21-9-19(28-14-29-21)20-7-16(8-23(25)30-20)22-12-31(17(10-26)13-34-22)11-15-3-5-18(33-2)6-4-15/h3-9,14,17,22H,10-13H2,1-2H3,(H,27,32)/t17-,22-/m0/s1. The van der Waals surface area contributed by atoms with Gasteiger partial charge in [-0.2, -0.15) is 0 Å². The zero-order valence-electron chi connectivity index (χ0n) is 18.9. The van der Waals surface area contributed by atoms with Crippen molar-refractivity contribution in [2.24, 2.45) is 0 Å². The number of amides is 1. The Morgan fingerprint density at radius 3 is 2.74 bits per heavy atom. The lowest BCUT2D eigenvalue weighted by Crippen LogP contribution is -2.47. The Kier molecular flexibility index (Phi) is 7.66. The molecule has 10 heteroatoms. The number of alkyl halides is 1. The van der Waals surface area contributed by atoms with Gasteiger partial charge in [0.1, 0.15) is 29.6 Å². The van der Waals surface area contributed by atoms with E-state index in [0.717, 1.165) is 16.9 Å². The molecular weight excluding hydrogens is 461 g/mol. The molecule has 2 aromatic heterocycles. The number of aromatic nitrogens is 3. The molecule has 8 nitrogen and oxygen atoms in total. The zero-order chi connectivity index (χ0) is 24.1. The second kappa shape index (κ2) is 10.9. The summed E-state index contributed by atoms with van der Waals surface area (Å²) < 4.78 is 25.0. The monoisotopic (exact) mass is 485 g/mol. The Morgan fingerprint density at radius 2 is 2.03 bits per heavy atom. The van der Waals surface area contributed by atoms with E-state index in [4.69, 9.17) is 21.1 Å². The molecule has 1 N–H and O–H groups in total. The van der Waals surface area contributed by atoms with Crippen LogP contribution in [0, 0.1) is 0 Å². The Bertz CT molecular complexity index is 1150.